The molecule has 0 aromatic heterocycles. The molecule has 0 bridgehead atoms. The highest BCUT2D eigenvalue weighted by Gasteiger charge is 2.35. The van der Waals surface area contributed by atoms with Crippen LogP contribution in [0.3, 0.4) is 0 Å². The van der Waals surface area contributed by atoms with E-state index in [9.17, 15) is 0 Å². The van der Waals surface area contributed by atoms with Crippen molar-refractivity contribution >= 4 is 0 Å². The van der Waals surface area contributed by atoms with Gasteiger partial charge in [-0.25, -0.2) is 0 Å². The van der Waals surface area contributed by atoms with Crippen LogP contribution in [0.25, 0.3) is 0 Å². The average molecular weight is 157 g/mol. The molecular weight excluding hydrogens is 138 g/mol. The highest BCUT2D eigenvalue weighted by atomic mass is 16.5. The van der Waals surface area contributed by atoms with E-state index in [2.05, 4.69) is 26.1 Å². The van der Waals surface area contributed by atoms with Gasteiger partial charge in [-0.2, -0.15) is 0 Å². The summed E-state index contributed by atoms with van der Waals surface area (Å²) in [6.45, 7) is 7.57. The standard InChI is InChI=1S/C9H19NO/c1-4-8-10-7-9(5-2,6-3)11-8/h8,10H,4-7H2,1-3H3/t8-/m0/s1. The maximum absolute atomic E-state index is 5.89. The average Bonchev–Trinajstić information content (AvgIpc) is 2.49. The van der Waals surface area contributed by atoms with Gasteiger partial charge in [0, 0.05) is 6.54 Å². The van der Waals surface area contributed by atoms with Crippen molar-refractivity contribution in [2.45, 2.75) is 51.9 Å². The first-order valence-electron chi connectivity index (χ1n) is 4.67. The van der Waals surface area contributed by atoms with E-state index < -0.39 is 0 Å². The molecular formula is C9H19NO. The summed E-state index contributed by atoms with van der Waals surface area (Å²) in [7, 11) is 0. The van der Waals surface area contributed by atoms with Gasteiger partial charge in [0.15, 0.2) is 0 Å². The SMILES string of the molecule is CC[C@H]1NCC(CC)(CC)O1. The third kappa shape index (κ3) is 1.74. The van der Waals surface area contributed by atoms with E-state index in [0.717, 1.165) is 25.8 Å². The minimum Gasteiger partial charge on any atom is -0.356 e. The quantitative estimate of drug-likeness (QED) is 0.675. The minimum atomic E-state index is 0.140. The van der Waals surface area contributed by atoms with E-state index in [0.29, 0.717) is 6.23 Å². The molecule has 2 heteroatoms. The molecule has 1 N–H and O–H groups in total. The monoisotopic (exact) mass is 157 g/mol. The Kier molecular flexibility index (Phi) is 2.90. The Hall–Kier alpha value is -0.0800. The largest absolute Gasteiger partial charge is 0.356 e. The van der Waals surface area contributed by atoms with E-state index in [4.69, 9.17) is 4.74 Å². The van der Waals surface area contributed by atoms with Gasteiger partial charge < -0.3 is 4.74 Å². The van der Waals surface area contributed by atoms with E-state index >= 15 is 0 Å². The zero-order valence-corrected chi connectivity index (χ0v) is 7.81. The Morgan fingerprint density at radius 3 is 2.27 bits per heavy atom. The molecule has 1 atom stereocenters. The van der Waals surface area contributed by atoms with Crippen LogP contribution in [-0.4, -0.2) is 18.4 Å². The lowest BCUT2D eigenvalue weighted by Gasteiger charge is -2.24. The van der Waals surface area contributed by atoms with Crippen molar-refractivity contribution in [1.82, 2.24) is 5.32 Å². The van der Waals surface area contributed by atoms with Crippen LogP contribution in [0.1, 0.15) is 40.0 Å². The predicted molar refractivity (Wildman–Crippen MR) is 46.5 cm³/mol. The van der Waals surface area contributed by atoms with Gasteiger partial charge in [-0.3, -0.25) is 5.32 Å². The summed E-state index contributed by atoms with van der Waals surface area (Å²) in [6, 6.07) is 0. The zero-order chi connectivity index (χ0) is 8.32. The smallest absolute Gasteiger partial charge is 0.108 e. The maximum Gasteiger partial charge on any atom is 0.108 e. The molecule has 0 unspecified atom stereocenters. The molecule has 1 saturated heterocycles. The lowest BCUT2D eigenvalue weighted by molar-refractivity contribution is -0.0444. The summed E-state index contributed by atoms with van der Waals surface area (Å²) in [5.74, 6) is 0. The van der Waals surface area contributed by atoms with Gasteiger partial charge >= 0.3 is 0 Å². The third-order valence-corrected chi connectivity index (χ3v) is 2.70. The zero-order valence-electron chi connectivity index (χ0n) is 7.81. The molecule has 0 aromatic rings. The molecule has 0 radical (unpaired) electrons. The van der Waals surface area contributed by atoms with Gasteiger partial charge in [0.1, 0.15) is 6.23 Å². The summed E-state index contributed by atoms with van der Waals surface area (Å²) >= 11 is 0. The fourth-order valence-corrected chi connectivity index (χ4v) is 1.58. The number of nitrogens with one attached hydrogen (secondary N) is 1. The van der Waals surface area contributed by atoms with Crippen molar-refractivity contribution in [2.24, 2.45) is 0 Å². The van der Waals surface area contributed by atoms with E-state index in [1.807, 2.05) is 0 Å². The Balaban J connectivity index is 2.48. The second kappa shape index (κ2) is 3.55. The van der Waals surface area contributed by atoms with Gasteiger partial charge in [0.05, 0.1) is 5.60 Å². The summed E-state index contributed by atoms with van der Waals surface area (Å²) in [6.07, 6.45) is 3.61. The maximum atomic E-state index is 5.89. The summed E-state index contributed by atoms with van der Waals surface area (Å²) in [4.78, 5) is 0. The van der Waals surface area contributed by atoms with E-state index in [1.54, 1.807) is 0 Å². The van der Waals surface area contributed by atoms with Gasteiger partial charge in [-0.1, -0.05) is 20.8 Å². The summed E-state index contributed by atoms with van der Waals surface area (Å²) in [5, 5.41) is 3.38. The van der Waals surface area contributed by atoms with Crippen molar-refractivity contribution in [1.29, 1.82) is 0 Å². The lowest BCUT2D eigenvalue weighted by Crippen LogP contribution is -2.31. The van der Waals surface area contributed by atoms with Crippen LogP contribution in [0.5, 0.6) is 0 Å². The van der Waals surface area contributed by atoms with Crippen molar-refractivity contribution in [2.75, 3.05) is 6.54 Å². The summed E-state index contributed by atoms with van der Waals surface area (Å²) < 4.78 is 5.89. The number of rotatable bonds is 3. The molecule has 0 saturated carbocycles. The first-order valence-corrected chi connectivity index (χ1v) is 4.67. The molecule has 0 spiro atoms. The van der Waals surface area contributed by atoms with Crippen LogP contribution in [0.15, 0.2) is 0 Å². The fourth-order valence-electron chi connectivity index (χ4n) is 1.58. The van der Waals surface area contributed by atoms with Crippen LogP contribution in [0.2, 0.25) is 0 Å². The fraction of sp³-hybridized carbons (Fsp3) is 1.00. The Morgan fingerprint density at radius 2 is 2.00 bits per heavy atom. The van der Waals surface area contributed by atoms with Gasteiger partial charge in [0.2, 0.25) is 0 Å². The van der Waals surface area contributed by atoms with Crippen LogP contribution < -0.4 is 5.32 Å². The molecule has 0 amide bonds. The topological polar surface area (TPSA) is 21.3 Å². The second-order valence-corrected chi connectivity index (χ2v) is 3.29. The lowest BCUT2D eigenvalue weighted by atomic mass is 9.98. The van der Waals surface area contributed by atoms with Crippen LogP contribution in [0.4, 0.5) is 0 Å². The normalized spacial score (nSPS) is 29.2. The van der Waals surface area contributed by atoms with Gasteiger partial charge in [-0.15, -0.1) is 0 Å². The van der Waals surface area contributed by atoms with Crippen molar-refractivity contribution < 1.29 is 4.74 Å². The van der Waals surface area contributed by atoms with Gasteiger partial charge in [-0.05, 0) is 19.3 Å². The molecule has 66 valence electrons. The van der Waals surface area contributed by atoms with Crippen molar-refractivity contribution in [3.63, 3.8) is 0 Å². The first-order chi connectivity index (χ1) is 5.26. The molecule has 11 heavy (non-hydrogen) atoms. The molecule has 1 heterocycles. The van der Waals surface area contributed by atoms with Crippen LogP contribution in [0, 0.1) is 0 Å². The molecule has 1 fully saturated rings. The molecule has 2 nitrogen and oxygen atoms in total. The van der Waals surface area contributed by atoms with E-state index in [-0.39, 0.29) is 5.60 Å². The van der Waals surface area contributed by atoms with Crippen molar-refractivity contribution in [3.05, 3.63) is 0 Å². The number of ether oxygens (including phenoxy) is 1. The number of hydrogen-bond acceptors (Lipinski definition) is 2. The Labute approximate surface area is 69.3 Å². The highest BCUT2D eigenvalue weighted by Crippen LogP contribution is 2.26. The Bertz CT molecular complexity index is 121. The third-order valence-electron chi connectivity index (χ3n) is 2.70. The Morgan fingerprint density at radius 1 is 1.36 bits per heavy atom. The predicted octanol–water partition coefficient (Wildman–Crippen LogP) is 1.90. The molecule has 0 aliphatic carbocycles. The van der Waals surface area contributed by atoms with Gasteiger partial charge in [0.25, 0.3) is 0 Å². The van der Waals surface area contributed by atoms with Crippen molar-refractivity contribution in [3.8, 4) is 0 Å². The molecule has 1 aliphatic rings. The first kappa shape index (κ1) is 9.01. The summed E-state index contributed by atoms with van der Waals surface area (Å²) in [5.41, 5.74) is 0.140. The minimum absolute atomic E-state index is 0.140. The molecule has 0 aromatic carbocycles. The van der Waals surface area contributed by atoms with Crippen LogP contribution >= 0.6 is 0 Å². The van der Waals surface area contributed by atoms with E-state index in [1.165, 1.54) is 0 Å². The highest BCUT2D eigenvalue weighted by molar-refractivity contribution is 4.87. The van der Waals surface area contributed by atoms with Crippen LogP contribution in [-0.2, 0) is 4.74 Å². The molecule has 1 rings (SSSR count). The molecule has 1 aliphatic heterocycles. The second-order valence-electron chi connectivity index (χ2n) is 3.29. The number of hydrogen-bond donors (Lipinski definition) is 1.